The zero-order valence-corrected chi connectivity index (χ0v) is 15.9. The Balaban J connectivity index is 1.60. The van der Waals surface area contributed by atoms with Crippen molar-refractivity contribution in [3.63, 3.8) is 0 Å². The van der Waals surface area contributed by atoms with Crippen LogP contribution in [0.5, 0.6) is 5.75 Å². The van der Waals surface area contributed by atoms with Crippen molar-refractivity contribution in [2.24, 2.45) is 0 Å². The van der Waals surface area contributed by atoms with Gasteiger partial charge in [-0.1, -0.05) is 0 Å². The Kier molecular flexibility index (Phi) is 6.86. The predicted molar refractivity (Wildman–Crippen MR) is 96.9 cm³/mol. The van der Waals surface area contributed by atoms with Crippen LogP contribution in [0.2, 0.25) is 0 Å². The highest BCUT2D eigenvalue weighted by Gasteiger charge is 2.45. The van der Waals surface area contributed by atoms with Crippen LogP contribution in [0.3, 0.4) is 0 Å². The SMILES string of the molecule is CC(C)OC(=O)c1ccc(O[C@H]2O[C@H](CNC3COC3)[C@@H](O)[C@H](O)[C@@H]2O)cc1. The number of carbonyl (C=O) groups excluding carboxylic acids is 1. The van der Waals surface area contributed by atoms with Crippen molar-refractivity contribution < 1.29 is 39.1 Å². The molecule has 0 saturated carbocycles. The second kappa shape index (κ2) is 9.17. The fourth-order valence-electron chi connectivity index (χ4n) is 2.90. The van der Waals surface area contributed by atoms with Gasteiger partial charge >= 0.3 is 5.97 Å². The van der Waals surface area contributed by atoms with Gasteiger partial charge in [0.05, 0.1) is 30.9 Å². The lowest BCUT2D eigenvalue weighted by Crippen LogP contribution is -2.62. The molecule has 0 aromatic heterocycles. The van der Waals surface area contributed by atoms with Crippen molar-refractivity contribution in [3.8, 4) is 5.75 Å². The standard InChI is InChI=1S/C19H27NO8/c1-10(2)26-18(24)11-3-5-13(6-4-11)27-19-17(23)16(22)15(21)14(28-19)7-20-12-8-25-9-12/h3-6,10,12,14-17,19-23H,7-9H2,1-2H3/t14-,15-,16+,17+,19+/m1/s1. The normalized spacial score (nSPS) is 30.7. The lowest BCUT2D eigenvalue weighted by Gasteiger charge is -2.41. The summed E-state index contributed by atoms with van der Waals surface area (Å²) in [5.74, 6) is -0.104. The molecule has 5 atom stereocenters. The van der Waals surface area contributed by atoms with E-state index in [1.54, 1.807) is 26.0 Å². The molecule has 0 aliphatic carbocycles. The fraction of sp³-hybridized carbons (Fsp3) is 0.632. The Morgan fingerprint density at radius 3 is 2.39 bits per heavy atom. The predicted octanol–water partition coefficient (Wildman–Crippen LogP) is -0.573. The van der Waals surface area contributed by atoms with Crippen LogP contribution >= 0.6 is 0 Å². The summed E-state index contributed by atoms with van der Waals surface area (Å²) in [6.45, 7) is 4.97. The molecule has 1 aromatic carbocycles. The van der Waals surface area contributed by atoms with Gasteiger partial charge in [-0.15, -0.1) is 0 Å². The molecule has 9 heteroatoms. The zero-order valence-electron chi connectivity index (χ0n) is 15.9. The maximum absolute atomic E-state index is 11.9. The molecule has 0 amide bonds. The number of benzene rings is 1. The number of esters is 1. The number of rotatable bonds is 7. The van der Waals surface area contributed by atoms with E-state index in [4.69, 9.17) is 18.9 Å². The molecule has 4 N–H and O–H groups in total. The Morgan fingerprint density at radius 1 is 1.14 bits per heavy atom. The molecule has 0 bridgehead atoms. The van der Waals surface area contributed by atoms with E-state index in [1.807, 2.05) is 0 Å². The molecule has 2 aliphatic heterocycles. The largest absolute Gasteiger partial charge is 0.462 e. The van der Waals surface area contributed by atoms with Crippen LogP contribution in [0, 0.1) is 0 Å². The molecule has 2 heterocycles. The molecule has 28 heavy (non-hydrogen) atoms. The van der Waals surface area contributed by atoms with Gasteiger partial charge in [0.25, 0.3) is 0 Å². The van der Waals surface area contributed by atoms with Crippen molar-refractivity contribution in [2.45, 2.75) is 56.7 Å². The van der Waals surface area contributed by atoms with Gasteiger partial charge in [-0.3, -0.25) is 0 Å². The molecule has 2 fully saturated rings. The first-order valence-electron chi connectivity index (χ1n) is 9.33. The third-order valence-corrected chi connectivity index (χ3v) is 4.60. The zero-order chi connectivity index (χ0) is 20.3. The quantitative estimate of drug-likeness (QED) is 0.447. The molecule has 0 unspecified atom stereocenters. The van der Waals surface area contributed by atoms with Crippen molar-refractivity contribution in [2.75, 3.05) is 19.8 Å². The number of aliphatic hydroxyl groups is 3. The molecule has 156 valence electrons. The lowest BCUT2D eigenvalue weighted by molar-refractivity contribution is -0.271. The Morgan fingerprint density at radius 2 is 1.82 bits per heavy atom. The molecule has 0 spiro atoms. The topological polar surface area (TPSA) is 127 Å². The second-order valence-electron chi connectivity index (χ2n) is 7.25. The summed E-state index contributed by atoms with van der Waals surface area (Å²) in [6.07, 6.45) is -6.25. The van der Waals surface area contributed by atoms with Gasteiger partial charge in [-0.25, -0.2) is 4.79 Å². The van der Waals surface area contributed by atoms with Crippen LogP contribution in [0.25, 0.3) is 0 Å². The van der Waals surface area contributed by atoms with Gasteiger partial charge in [0.2, 0.25) is 6.29 Å². The van der Waals surface area contributed by atoms with Crippen molar-refractivity contribution in [1.82, 2.24) is 5.32 Å². The van der Waals surface area contributed by atoms with Gasteiger partial charge in [0.15, 0.2) is 0 Å². The first-order valence-corrected chi connectivity index (χ1v) is 9.33. The van der Waals surface area contributed by atoms with Crippen LogP contribution in [0.4, 0.5) is 0 Å². The third-order valence-electron chi connectivity index (χ3n) is 4.60. The van der Waals surface area contributed by atoms with Crippen LogP contribution in [-0.2, 0) is 14.2 Å². The highest BCUT2D eigenvalue weighted by Crippen LogP contribution is 2.25. The Hall–Kier alpha value is -1.75. The Bertz CT molecular complexity index is 648. The van der Waals surface area contributed by atoms with Crippen molar-refractivity contribution >= 4 is 5.97 Å². The number of ether oxygens (including phenoxy) is 4. The number of hydrogen-bond donors (Lipinski definition) is 4. The number of hydrogen-bond acceptors (Lipinski definition) is 9. The van der Waals surface area contributed by atoms with Gasteiger partial charge in [-0.2, -0.15) is 0 Å². The highest BCUT2D eigenvalue weighted by atomic mass is 16.7. The van der Waals surface area contributed by atoms with Crippen LogP contribution in [-0.4, -0.2) is 83.9 Å². The molecular weight excluding hydrogens is 370 g/mol. The van der Waals surface area contributed by atoms with E-state index in [2.05, 4.69) is 5.32 Å². The number of aliphatic hydroxyl groups excluding tert-OH is 3. The molecule has 9 nitrogen and oxygen atoms in total. The van der Waals surface area contributed by atoms with Gasteiger partial charge in [-0.05, 0) is 38.1 Å². The summed E-state index contributed by atoms with van der Waals surface area (Å²) < 4.78 is 21.5. The van der Waals surface area contributed by atoms with Crippen molar-refractivity contribution in [3.05, 3.63) is 29.8 Å². The minimum Gasteiger partial charge on any atom is -0.462 e. The molecule has 0 radical (unpaired) electrons. The van der Waals surface area contributed by atoms with E-state index in [1.165, 1.54) is 12.1 Å². The summed E-state index contributed by atoms with van der Waals surface area (Å²) in [4.78, 5) is 11.9. The van der Waals surface area contributed by atoms with E-state index in [0.717, 1.165) is 0 Å². The smallest absolute Gasteiger partial charge is 0.338 e. The summed E-state index contributed by atoms with van der Waals surface area (Å²) in [5.41, 5.74) is 0.367. The number of nitrogens with one attached hydrogen (secondary N) is 1. The van der Waals surface area contributed by atoms with Gasteiger partial charge in [0.1, 0.15) is 30.2 Å². The summed E-state index contributed by atoms with van der Waals surface area (Å²) in [7, 11) is 0. The molecule has 3 rings (SSSR count). The summed E-state index contributed by atoms with van der Waals surface area (Å²) in [6, 6.07) is 6.34. The monoisotopic (exact) mass is 397 g/mol. The lowest BCUT2D eigenvalue weighted by atomic mass is 9.98. The maximum Gasteiger partial charge on any atom is 0.338 e. The van der Waals surface area contributed by atoms with Gasteiger partial charge < -0.3 is 39.6 Å². The van der Waals surface area contributed by atoms with E-state index in [0.29, 0.717) is 24.5 Å². The minimum atomic E-state index is -1.43. The molecule has 2 aliphatic rings. The van der Waals surface area contributed by atoms with Gasteiger partial charge in [0, 0.05) is 6.54 Å². The Labute approximate surface area is 163 Å². The average molecular weight is 397 g/mol. The van der Waals surface area contributed by atoms with E-state index >= 15 is 0 Å². The highest BCUT2D eigenvalue weighted by molar-refractivity contribution is 5.89. The molecular formula is C19H27NO8. The average Bonchev–Trinajstić information content (AvgIpc) is 2.62. The van der Waals surface area contributed by atoms with E-state index in [-0.39, 0.29) is 18.7 Å². The third kappa shape index (κ3) is 4.99. The maximum atomic E-state index is 11.9. The number of carbonyl (C=O) groups is 1. The van der Waals surface area contributed by atoms with Crippen LogP contribution in [0.1, 0.15) is 24.2 Å². The fourth-order valence-corrected chi connectivity index (χ4v) is 2.90. The summed E-state index contributed by atoms with van der Waals surface area (Å²) >= 11 is 0. The van der Waals surface area contributed by atoms with Crippen LogP contribution in [0.15, 0.2) is 24.3 Å². The second-order valence-corrected chi connectivity index (χ2v) is 7.25. The summed E-state index contributed by atoms with van der Waals surface area (Å²) in [5, 5.41) is 33.6. The first-order chi connectivity index (χ1) is 13.3. The molecule has 2 saturated heterocycles. The van der Waals surface area contributed by atoms with E-state index in [9.17, 15) is 20.1 Å². The van der Waals surface area contributed by atoms with Crippen molar-refractivity contribution in [1.29, 1.82) is 0 Å². The minimum absolute atomic E-state index is 0.178. The molecule has 1 aromatic rings. The first kappa shape index (κ1) is 21.0. The van der Waals surface area contributed by atoms with E-state index < -0.39 is 36.7 Å². The van der Waals surface area contributed by atoms with Crippen LogP contribution < -0.4 is 10.1 Å².